The molecule has 0 unspecified atom stereocenters. The van der Waals surface area contributed by atoms with Gasteiger partial charge in [0, 0.05) is 25.6 Å². The van der Waals surface area contributed by atoms with Crippen LogP contribution < -0.4 is 0 Å². The van der Waals surface area contributed by atoms with Crippen LogP contribution in [0, 0.1) is 5.92 Å². The molecule has 0 radical (unpaired) electrons. The van der Waals surface area contributed by atoms with Crippen LogP contribution in [0.5, 0.6) is 0 Å². The average Bonchev–Trinajstić information content (AvgIpc) is 2.71. The molecule has 0 aliphatic carbocycles. The maximum absolute atomic E-state index is 12.0. The molecule has 1 fully saturated rings. The van der Waals surface area contributed by atoms with Gasteiger partial charge in [-0.2, -0.15) is 18.3 Å². The third-order valence-corrected chi connectivity index (χ3v) is 4.68. The Kier molecular flexibility index (Phi) is 3.81. The number of hydrogen-bond acceptors (Lipinski definition) is 4. The molecule has 2 rings (SSSR count). The molecule has 0 amide bonds. The highest BCUT2D eigenvalue weighted by Crippen LogP contribution is 2.25. The summed E-state index contributed by atoms with van der Waals surface area (Å²) in [6, 6.07) is 0. The number of alkyl halides is 3. The first-order chi connectivity index (χ1) is 8.76. The zero-order valence-electron chi connectivity index (χ0n) is 9.92. The van der Waals surface area contributed by atoms with Crippen LogP contribution in [0.2, 0.25) is 0 Å². The third kappa shape index (κ3) is 3.90. The molecule has 19 heavy (non-hydrogen) atoms. The number of aromatic nitrogens is 3. The predicted octanol–water partition coefficient (Wildman–Crippen LogP) is 0.492. The Hall–Kier alpha value is -1.16. The molecule has 0 atom stereocenters. The molecule has 0 spiro atoms. The van der Waals surface area contributed by atoms with Gasteiger partial charge in [0.05, 0.1) is 12.2 Å². The first kappa shape index (κ1) is 14.3. The molecule has 0 aromatic carbocycles. The van der Waals surface area contributed by atoms with Crippen molar-refractivity contribution in [1.29, 1.82) is 0 Å². The molecule has 1 aliphatic rings. The molecule has 0 N–H and O–H groups in total. The van der Waals surface area contributed by atoms with Crippen molar-refractivity contribution < 1.29 is 21.6 Å². The minimum absolute atomic E-state index is 0.0716. The highest BCUT2D eigenvalue weighted by molar-refractivity contribution is 7.89. The van der Waals surface area contributed by atoms with E-state index in [2.05, 4.69) is 10.1 Å². The van der Waals surface area contributed by atoms with Crippen LogP contribution in [0.3, 0.4) is 0 Å². The lowest BCUT2D eigenvalue weighted by atomic mass is 10.0. The summed E-state index contributed by atoms with van der Waals surface area (Å²) in [5.41, 5.74) is 0. The van der Waals surface area contributed by atoms with Crippen molar-refractivity contribution in [3.8, 4) is 0 Å². The van der Waals surface area contributed by atoms with Crippen LogP contribution in [0.15, 0.2) is 12.7 Å². The lowest BCUT2D eigenvalue weighted by Crippen LogP contribution is -2.52. The van der Waals surface area contributed by atoms with Gasteiger partial charge in [0.25, 0.3) is 0 Å². The van der Waals surface area contributed by atoms with Crippen LogP contribution in [-0.4, -0.2) is 52.5 Å². The predicted molar refractivity (Wildman–Crippen MR) is 59.5 cm³/mol. The Bertz CT molecular complexity index is 508. The van der Waals surface area contributed by atoms with Crippen molar-refractivity contribution >= 4 is 10.0 Å². The summed E-state index contributed by atoms with van der Waals surface area (Å²) in [5, 5.41) is 3.88. The van der Waals surface area contributed by atoms with E-state index in [0.717, 1.165) is 4.31 Å². The largest absolute Gasteiger partial charge is 0.390 e. The summed E-state index contributed by atoms with van der Waals surface area (Å²) in [7, 11) is -3.80. The summed E-state index contributed by atoms with van der Waals surface area (Å²) in [6.45, 7) is 0.991. The number of halogens is 3. The fourth-order valence-corrected chi connectivity index (χ4v) is 3.45. The van der Waals surface area contributed by atoms with Crippen molar-refractivity contribution in [2.75, 3.05) is 18.8 Å². The number of hydrogen-bond donors (Lipinski definition) is 0. The maximum atomic E-state index is 12.0. The van der Waals surface area contributed by atoms with E-state index in [-0.39, 0.29) is 19.0 Å². The van der Waals surface area contributed by atoms with Crippen molar-refractivity contribution in [1.82, 2.24) is 19.1 Å². The van der Waals surface area contributed by atoms with Gasteiger partial charge in [0.1, 0.15) is 12.7 Å². The van der Waals surface area contributed by atoms with Gasteiger partial charge in [-0.3, -0.25) is 4.68 Å². The molecule has 6 nitrogen and oxygen atoms in total. The van der Waals surface area contributed by atoms with Gasteiger partial charge >= 0.3 is 6.18 Å². The lowest BCUT2D eigenvalue weighted by molar-refractivity contribution is -0.130. The Morgan fingerprint density at radius 2 is 2.00 bits per heavy atom. The van der Waals surface area contributed by atoms with Crippen LogP contribution in [0.1, 0.15) is 6.42 Å². The first-order valence-electron chi connectivity index (χ1n) is 5.63. The molecule has 1 aromatic heterocycles. The second-order valence-electron chi connectivity index (χ2n) is 4.48. The normalized spacial score (nSPS) is 18.5. The van der Waals surface area contributed by atoms with E-state index in [1.165, 1.54) is 12.7 Å². The van der Waals surface area contributed by atoms with Crippen LogP contribution in [0.4, 0.5) is 13.2 Å². The first-order valence-corrected chi connectivity index (χ1v) is 7.24. The standard InChI is InChI=1S/C9H13F3N4O2S/c10-9(11,12)1-2-19(17,18)16-4-8(5-16)3-15-7-13-6-14-15/h6-8H,1-5H2. The zero-order valence-corrected chi connectivity index (χ0v) is 10.7. The smallest absolute Gasteiger partial charge is 0.253 e. The Labute approximate surface area is 108 Å². The summed E-state index contributed by atoms with van der Waals surface area (Å²) in [4.78, 5) is 3.75. The third-order valence-electron chi connectivity index (χ3n) is 2.87. The second-order valence-corrected chi connectivity index (χ2v) is 6.57. The van der Waals surface area contributed by atoms with E-state index >= 15 is 0 Å². The molecule has 1 aliphatic heterocycles. The zero-order chi connectivity index (χ0) is 14.1. The Balaban J connectivity index is 1.79. The molecule has 10 heteroatoms. The highest BCUT2D eigenvalue weighted by atomic mass is 32.2. The van der Waals surface area contributed by atoms with E-state index in [0.29, 0.717) is 6.54 Å². The van der Waals surface area contributed by atoms with E-state index in [1.807, 2.05) is 0 Å². The highest BCUT2D eigenvalue weighted by Gasteiger charge is 2.38. The summed E-state index contributed by atoms with van der Waals surface area (Å²) in [5.74, 6) is -0.811. The van der Waals surface area contributed by atoms with Gasteiger partial charge in [-0.15, -0.1) is 0 Å². The monoisotopic (exact) mass is 298 g/mol. The molecular formula is C9H13F3N4O2S. The van der Waals surface area contributed by atoms with Gasteiger partial charge in [-0.1, -0.05) is 0 Å². The summed E-state index contributed by atoms with van der Waals surface area (Å²) < 4.78 is 61.9. The van der Waals surface area contributed by atoms with Gasteiger partial charge in [0.15, 0.2) is 0 Å². The van der Waals surface area contributed by atoms with Crippen molar-refractivity contribution in [3.05, 3.63) is 12.7 Å². The second kappa shape index (κ2) is 5.08. The average molecular weight is 298 g/mol. The fraction of sp³-hybridized carbons (Fsp3) is 0.778. The maximum Gasteiger partial charge on any atom is 0.390 e. The fourth-order valence-electron chi connectivity index (χ4n) is 1.83. The minimum atomic E-state index is -4.45. The van der Waals surface area contributed by atoms with Crippen LogP contribution in [-0.2, 0) is 16.6 Å². The van der Waals surface area contributed by atoms with Crippen LogP contribution in [0.25, 0.3) is 0 Å². The van der Waals surface area contributed by atoms with E-state index in [9.17, 15) is 21.6 Å². The van der Waals surface area contributed by atoms with Gasteiger partial charge < -0.3 is 0 Å². The molecular weight excluding hydrogens is 285 g/mol. The lowest BCUT2D eigenvalue weighted by Gasteiger charge is -2.37. The molecule has 2 heterocycles. The van der Waals surface area contributed by atoms with Gasteiger partial charge in [0.2, 0.25) is 10.0 Å². The van der Waals surface area contributed by atoms with Gasteiger partial charge in [-0.05, 0) is 0 Å². The SMILES string of the molecule is O=S(=O)(CCC(F)(F)F)N1CC(Cn2cncn2)C1. The number of sulfonamides is 1. The summed E-state index contributed by atoms with van der Waals surface area (Å²) >= 11 is 0. The Morgan fingerprint density at radius 1 is 1.32 bits per heavy atom. The molecule has 1 aromatic rings. The minimum Gasteiger partial charge on any atom is -0.253 e. The van der Waals surface area contributed by atoms with E-state index in [4.69, 9.17) is 0 Å². The molecule has 108 valence electrons. The van der Waals surface area contributed by atoms with E-state index < -0.39 is 28.4 Å². The van der Waals surface area contributed by atoms with Crippen molar-refractivity contribution in [3.63, 3.8) is 0 Å². The van der Waals surface area contributed by atoms with Gasteiger partial charge in [-0.25, -0.2) is 17.7 Å². The quantitative estimate of drug-likeness (QED) is 0.793. The topological polar surface area (TPSA) is 68.1 Å². The van der Waals surface area contributed by atoms with Crippen molar-refractivity contribution in [2.24, 2.45) is 5.92 Å². The molecule has 1 saturated heterocycles. The van der Waals surface area contributed by atoms with E-state index in [1.54, 1.807) is 4.68 Å². The Morgan fingerprint density at radius 3 is 2.53 bits per heavy atom. The number of nitrogens with zero attached hydrogens (tertiary/aromatic N) is 4. The van der Waals surface area contributed by atoms with Crippen molar-refractivity contribution in [2.45, 2.75) is 19.1 Å². The molecule has 0 saturated carbocycles. The molecule has 0 bridgehead atoms. The summed E-state index contributed by atoms with van der Waals surface area (Å²) in [6.07, 6.45) is -2.87. The van der Waals surface area contributed by atoms with Crippen LogP contribution >= 0.6 is 0 Å². The number of rotatable bonds is 5.